The van der Waals surface area contributed by atoms with Gasteiger partial charge in [0.25, 0.3) is 5.82 Å². The fourth-order valence-electron chi connectivity index (χ4n) is 3.49. The maximum absolute atomic E-state index is 2.47. The molecule has 0 spiro atoms. The van der Waals surface area contributed by atoms with E-state index in [0.29, 0.717) is 0 Å². The van der Waals surface area contributed by atoms with Gasteiger partial charge in [-0.05, 0) is 30.5 Å². The Labute approximate surface area is 127 Å². The minimum absolute atomic E-state index is 0.0834. The highest BCUT2D eigenvalue weighted by Gasteiger charge is 2.41. The Morgan fingerprint density at radius 2 is 2.10 bits per heavy atom. The van der Waals surface area contributed by atoms with Gasteiger partial charge in [0, 0.05) is 6.42 Å². The van der Waals surface area contributed by atoms with E-state index in [-0.39, 0.29) is 5.54 Å². The summed E-state index contributed by atoms with van der Waals surface area (Å²) in [7, 11) is 2.14. The molecule has 110 valence electrons. The molecule has 2 aromatic rings. The third-order valence-electron chi connectivity index (χ3n) is 4.73. The average Bonchev–Trinajstić information content (AvgIpc) is 2.90. The van der Waals surface area contributed by atoms with Crippen LogP contribution in [0.25, 0.3) is 11.4 Å². The van der Waals surface area contributed by atoms with Crippen LogP contribution in [0.1, 0.15) is 38.7 Å². The van der Waals surface area contributed by atoms with Crippen molar-refractivity contribution in [1.29, 1.82) is 0 Å². The van der Waals surface area contributed by atoms with E-state index in [0.717, 1.165) is 19.3 Å². The Balaban J connectivity index is 2.17. The quantitative estimate of drug-likeness (QED) is 0.592. The Bertz CT molecular complexity index is 666. The number of unbranched alkanes of at least 4 members (excludes halogenated alkanes) is 1. The first-order valence-corrected chi connectivity index (χ1v) is 8.05. The molecule has 2 heteroatoms. The van der Waals surface area contributed by atoms with Crippen LogP contribution in [0.3, 0.4) is 0 Å². The molecule has 21 heavy (non-hydrogen) atoms. The monoisotopic (exact) mass is 281 g/mol. The number of hydrogen-bond donors (Lipinski definition) is 0. The van der Waals surface area contributed by atoms with Crippen molar-refractivity contribution in [3.63, 3.8) is 0 Å². The summed E-state index contributed by atoms with van der Waals surface area (Å²) in [6.45, 7) is 4.54. The molecule has 0 unspecified atom stereocenters. The molecule has 3 rings (SSSR count). The first-order chi connectivity index (χ1) is 10.2. The van der Waals surface area contributed by atoms with E-state index in [9.17, 15) is 0 Å². The maximum atomic E-state index is 2.47. The lowest BCUT2D eigenvalue weighted by Crippen LogP contribution is -2.41. The van der Waals surface area contributed by atoms with E-state index in [4.69, 9.17) is 0 Å². The highest BCUT2D eigenvalue weighted by Crippen LogP contribution is 2.39. The summed E-state index contributed by atoms with van der Waals surface area (Å²) in [5.41, 5.74) is 2.92. The third kappa shape index (κ3) is 2.23. The minimum atomic E-state index is 0.0834. The fraction of sp³-hybridized carbons (Fsp3) is 0.421. The first kappa shape index (κ1) is 14.1. The molecule has 1 atom stereocenters. The second-order valence-corrected chi connectivity index (χ2v) is 6.08. The number of benzene rings is 1. The van der Waals surface area contributed by atoms with Crippen molar-refractivity contribution in [2.75, 3.05) is 0 Å². The number of hydrogen-bond acceptors (Lipinski definition) is 0. The zero-order chi connectivity index (χ0) is 14.9. The summed E-state index contributed by atoms with van der Waals surface area (Å²) in [6, 6.07) is 8.83. The Hall–Kier alpha value is -1.83. The second kappa shape index (κ2) is 5.51. The van der Waals surface area contributed by atoms with Crippen LogP contribution in [-0.2, 0) is 19.0 Å². The van der Waals surface area contributed by atoms with Crippen molar-refractivity contribution in [3.8, 4) is 11.4 Å². The molecule has 2 nitrogen and oxygen atoms in total. The topological polar surface area (TPSA) is 8.81 Å². The lowest BCUT2D eigenvalue weighted by Gasteiger charge is -2.32. The van der Waals surface area contributed by atoms with Crippen LogP contribution in [0.15, 0.2) is 48.8 Å². The highest BCUT2D eigenvalue weighted by atomic mass is 15.2. The van der Waals surface area contributed by atoms with Gasteiger partial charge in [-0.25, -0.2) is 9.13 Å². The molecule has 0 amide bonds. The molecule has 0 radical (unpaired) electrons. The van der Waals surface area contributed by atoms with Gasteiger partial charge < -0.3 is 0 Å². The third-order valence-corrected chi connectivity index (χ3v) is 4.73. The van der Waals surface area contributed by atoms with Crippen LogP contribution in [-0.4, -0.2) is 4.57 Å². The van der Waals surface area contributed by atoms with Gasteiger partial charge >= 0.3 is 0 Å². The minimum Gasteiger partial charge on any atom is -0.233 e. The second-order valence-electron chi connectivity index (χ2n) is 6.08. The summed E-state index contributed by atoms with van der Waals surface area (Å²) >= 11 is 0. The van der Waals surface area contributed by atoms with Gasteiger partial charge in [-0.2, -0.15) is 0 Å². The summed E-state index contributed by atoms with van der Waals surface area (Å²) in [5, 5.41) is 0. The predicted molar refractivity (Wildman–Crippen MR) is 87.1 cm³/mol. The molecule has 0 saturated carbocycles. The molecule has 0 bridgehead atoms. The molecule has 0 N–H and O–H groups in total. The van der Waals surface area contributed by atoms with Gasteiger partial charge in [-0.15, -0.1) is 0 Å². The van der Waals surface area contributed by atoms with E-state index in [1.54, 1.807) is 0 Å². The molecule has 0 fully saturated rings. The Kier molecular flexibility index (Phi) is 3.71. The largest absolute Gasteiger partial charge is 0.289 e. The normalized spacial score (nSPS) is 20.5. The van der Waals surface area contributed by atoms with E-state index in [2.05, 4.69) is 78.8 Å². The number of allylic oxidation sites excluding steroid dienone is 2. The number of aryl methyl sites for hydroxylation is 1. The molecule has 0 saturated heterocycles. The molecule has 1 aromatic heterocycles. The number of nitrogens with zero attached hydrogens (tertiary/aromatic N) is 2. The van der Waals surface area contributed by atoms with Crippen LogP contribution in [0.5, 0.6) is 0 Å². The van der Waals surface area contributed by atoms with Gasteiger partial charge in [-0.1, -0.05) is 44.5 Å². The van der Waals surface area contributed by atoms with Gasteiger partial charge in [0.2, 0.25) is 0 Å². The number of aromatic nitrogens is 2. The summed E-state index contributed by atoms with van der Waals surface area (Å²) in [4.78, 5) is 0. The molecule has 1 aliphatic heterocycles. The van der Waals surface area contributed by atoms with Crippen LogP contribution in [0, 0.1) is 0 Å². The van der Waals surface area contributed by atoms with Crippen LogP contribution >= 0.6 is 0 Å². The fourth-order valence-corrected chi connectivity index (χ4v) is 3.49. The van der Waals surface area contributed by atoms with Crippen molar-refractivity contribution in [2.24, 2.45) is 7.05 Å². The van der Waals surface area contributed by atoms with Crippen LogP contribution in [0.2, 0.25) is 0 Å². The molecular formula is C19H25N2+. The van der Waals surface area contributed by atoms with Crippen LogP contribution in [0.4, 0.5) is 0 Å². The Morgan fingerprint density at radius 3 is 2.86 bits per heavy atom. The zero-order valence-corrected chi connectivity index (χ0v) is 13.3. The highest BCUT2D eigenvalue weighted by molar-refractivity contribution is 5.61. The predicted octanol–water partition coefficient (Wildman–Crippen LogP) is 4.00. The van der Waals surface area contributed by atoms with Crippen molar-refractivity contribution < 1.29 is 4.57 Å². The summed E-state index contributed by atoms with van der Waals surface area (Å²) in [5.74, 6) is 1.32. The standard InChI is InChI=1S/C19H25N2/c1-4-6-9-12-19(5-2)15-16-10-7-8-11-17(16)18-20(3)13-14-21(18)19/h7-14H,4-6,15H2,1-3H3/q+1/b12-9-/t19-/m0/s1. The van der Waals surface area contributed by atoms with Gasteiger partial charge in [0.15, 0.2) is 0 Å². The maximum Gasteiger partial charge on any atom is 0.289 e. The zero-order valence-electron chi connectivity index (χ0n) is 13.3. The average molecular weight is 281 g/mol. The molecule has 0 aliphatic carbocycles. The van der Waals surface area contributed by atoms with Gasteiger partial charge in [-0.3, -0.25) is 0 Å². The van der Waals surface area contributed by atoms with Gasteiger partial charge in [0.05, 0.1) is 12.6 Å². The van der Waals surface area contributed by atoms with Crippen molar-refractivity contribution in [3.05, 3.63) is 54.4 Å². The smallest absolute Gasteiger partial charge is 0.233 e. The van der Waals surface area contributed by atoms with E-state index in [1.807, 2.05) is 0 Å². The lowest BCUT2D eigenvalue weighted by molar-refractivity contribution is -0.660. The van der Waals surface area contributed by atoms with E-state index in [1.165, 1.54) is 23.4 Å². The van der Waals surface area contributed by atoms with Crippen molar-refractivity contribution >= 4 is 0 Å². The van der Waals surface area contributed by atoms with Crippen LogP contribution < -0.4 is 4.57 Å². The number of imidazole rings is 1. The lowest BCUT2D eigenvalue weighted by atomic mass is 9.82. The Morgan fingerprint density at radius 1 is 1.29 bits per heavy atom. The van der Waals surface area contributed by atoms with Crippen molar-refractivity contribution in [2.45, 2.75) is 45.1 Å². The van der Waals surface area contributed by atoms with Crippen molar-refractivity contribution in [1.82, 2.24) is 4.57 Å². The van der Waals surface area contributed by atoms with E-state index < -0.39 is 0 Å². The summed E-state index contributed by atoms with van der Waals surface area (Å²) in [6.07, 6.45) is 13.8. The molecule has 2 heterocycles. The van der Waals surface area contributed by atoms with Gasteiger partial charge in [0.1, 0.15) is 17.9 Å². The number of rotatable bonds is 4. The molecular weight excluding hydrogens is 256 g/mol. The molecule has 1 aliphatic rings. The summed E-state index contributed by atoms with van der Waals surface area (Å²) < 4.78 is 4.72. The molecule has 1 aromatic carbocycles. The SMILES string of the molecule is CCC/C=C\[C@@]1(CC)Cc2ccccc2-c2n1cc[n+]2C. The first-order valence-electron chi connectivity index (χ1n) is 8.05. The van der Waals surface area contributed by atoms with E-state index >= 15 is 0 Å². The number of fused-ring (bicyclic) bond motifs is 3.